The number of hydrogen-bond acceptors (Lipinski definition) is 0. The molecule has 4 heteroatoms. The Morgan fingerprint density at radius 2 is 1.59 bits per heavy atom. The molecule has 0 spiro atoms. The van der Waals surface area contributed by atoms with E-state index >= 15 is 0 Å². The summed E-state index contributed by atoms with van der Waals surface area (Å²) in [5.41, 5.74) is 0.383. The molecule has 0 heterocycles. The summed E-state index contributed by atoms with van der Waals surface area (Å²) in [6.07, 6.45) is 0. The summed E-state index contributed by atoms with van der Waals surface area (Å²) >= 11 is 6.01. The molecule has 2 aromatic rings. The van der Waals surface area contributed by atoms with Gasteiger partial charge >= 0.3 is 0 Å². The van der Waals surface area contributed by atoms with Gasteiger partial charge in [0.15, 0.2) is 0 Å². The average Bonchev–Trinajstić information content (AvgIpc) is 2.31. The van der Waals surface area contributed by atoms with Crippen molar-refractivity contribution in [2.24, 2.45) is 0 Å². The Morgan fingerprint density at radius 3 is 2.29 bits per heavy atom. The lowest BCUT2D eigenvalue weighted by molar-refractivity contribution is 0.586. The maximum atomic E-state index is 13.5. The molecule has 0 aromatic heterocycles. The second kappa shape index (κ2) is 4.80. The van der Waals surface area contributed by atoms with Crippen LogP contribution in [0.4, 0.5) is 13.2 Å². The van der Waals surface area contributed by atoms with E-state index in [0.29, 0.717) is 5.56 Å². The Morgan fingerprint density at radius 1 is 0.882 bits per heavy atom. The first-order valence-corrected chi connectivity index (χ1v) is 5.36. The highest BCUT2D eigenvalue weighted by Gasteiger charge is 2.16. The van der Waals surface area contributed by atoms with Crippen LogP contribution >= 0.6 is 11.6 Å². The molecule has 0 aliphatic rings. The molecule has 17 heavy (non-hydrogen) atoms. The zero-order chi connectivity index (χ0) is 12.4. The van der Waals surface area contributed by atoms with Gasteiger partial charge in [-0.15, -0.1) is 11.6 Å². The van der Waals surface area contributed by atoms with Gasteiger partial charge in [0.05, 0.1) is 5.38 Å². The van der Waals surface area contributed by atoms with Crippen LogP contribution in [0, 0.1) is 17.5 Å². The summed E-state index contributed by atoms with van der Waals surface area (Å²) in [5, 5.41) is -0.915. The predicted octanol–water partition coefficient (Wildman–Crippen LogP) is 4.43. The summed E-state index contributed by atoms with van der Waals surface area (Å²) in [6, 6.07) is 8.50. The van der Waals surface area contributed by atoms with Gasteiger partial charge in [0.25, 0.3) is 0 Å². The van der Waals surface area contributed by atoms with Crippen LogP contribution in [0.1, 0.15) is 16.5 Å². The van der Waals surface area contributed by atoms with Crippen LogP contribution in [0.2, 0.25) is 0 Å². The SMILES string of the molecule is Fc1cccc(C(Cl)c2cc(F)ccc2F)c1. The van der Waals surface area contributed by atoms with Gasteiger partial charge < -0.3 is 0 Å². The van der Waals surface area contributed by atoms with Gasteiger partial charge in [-0.25, -0.2) is 13.2 Å². The smallest absolute Gasteiger partial charge is 0.128 e. The molecule has 0 amide bonds. The quantitative estimate of drug-likeness (QED) is 0.697. The standard InChI is InChI=1S/C13H8ClF3/c14-13(8-2-1-3-9(15)6-8)11-7-10(16)4-5-12(11)17/h1-7,13H. The van der Waals surface area contributed by atoms with Gasteiger partial charge in [-0.1, -0.05) is 12.1 Å². The van der Waals surface area contributed by atoms with Crippen LogP contribution < -0.4 is 0 Å². The number of rotatable bonds is 2. The van der Waals surface area contributed by atoms with E-state index in [1.807, 2.05) is 0 Å². The molecule has 0 nitrogen and oxygen atoms in total. The minimum atomic E-state index is -0.915. The summed E-state index contributed by atoms with van der Waals surface area (Å²) in [4.78, 5) is 0. The van der Waals surface area contributed by atoms with Gasteiger partial charge in [-0.3, -0.25) is 0 Å². The van der Waals surface area contributed by atoms with Crippen molar-refractivity contribution >= 4 is 11.6 Å². The van der Waals surface area contributed by atoms with Crippen molar-refractivity contribution < 1.29 is 13.2 Å². The van der Waals surface area contributed by atoms with Crippen molar-refractivity contribution in [2.75, 3.05) is 0 Å². The van der Waals surface area contributed by atoms with E-state index in [9.17, 15) is 13.2 Å². The third kappa shape index (κ3) is 2.61. The molecule has 0 aliphatic heterocycles. The highest BCUT2D eigenvalue weighted by atomic mass is 35.5. The van der Waals surface area contributed by atoms with Gasteiger partial charge in [0, 0.05) is 5.56 Å². The van der Waals surface area contributed by atoms with E-state index in [1.165, 1.54) is 18.2 Å². The van der Waals surface area contributed by atoms with Crippen molar-refractivity contribution in [3.8, 4) is 0 Å². The normalized spacial score (nSPS) is 12.5. The number of hydrogen-bond donors (Lipinski definition) is 0. The number of halogens is 4. The van der Waals surface area contributed by atoms with Crippen LogP contribution in [0.3, 0.4) is 0 Å². The first-order chi connectivity index (χ1) is 8.08. The first-order valence-electron chi connectivity index (χ1n) is 4.92. The third-order valence-corrected chi connectivity index (χ3v) is 2.86. The van der Waals surface area contributed by atoms with E-state index in [0.717, 1.165) is 18.2 Å². The molecule has 0 bridgehead atoms. The molecular formula is C13H8ClF3. The largest absolute Gasteiger partial charge is 0.207 e. The molecule has 0 fully saturated rings. The predicted molar refractivity (Wildman–Crippen MR) is 60.5 cm³/mol. The van der Waals surface area contributed by atoms with E-state index in [4.69, 9.17) is 11.6 Å². The molecular weight excluding hydrogens is 249 g/mol. The molecule has 0 saturated heterocycles. The van der Waals surface area contributed by atoms with Crippen LogP contribution in [0.5, 0.6) is 0 Å². The van der Waals surface area contributed by atoms with Crippen molar-refractivity contribution in [3.05, 3.63) is 71.0 Å². The minimum Gasteiger partial charge on any atom is -0.207 e. The molecule has 2 aromatic carbocycles. The second-order valence-corrected chi connectivity index (χ2v) is 4.02. The lowest BCUT2D eigenvalue weighted by Gasteiger charge is -2.11. The Balaban J connectivity index is 2.43. The summed E-state index contributed by atoms with van der Waals surface area (Å²) < 4.78 is 39.5. The van der Waals surface area contributed by atoms with E-state index < -0.39 is 22.8 Å². The topological polar surface area (TPSA) is 0 Å². The van der Waals surface area contributed by atoms with Crippen LogP contribution in [0.25, 0.3) is 0 Å². The van der Waals surface area contributed by atoms with Gasteiger partial charge in [-0.2, -0.15) is 0 Å². The Labute approximate surface area is 102 Å². The van der Waals surface area contributed by atoms with Gasteiger partial charge in [0.1, 0.15) is 17.5 Å². The van der Waals surface area contributed by atoms with Gasteiger partial charge in [-0.05, 0) is 35.9 Å². The Kier molecular flexibility index (Phi) is 3.38. The van der Waals surface area contributed by atoms with Crippen molar-refractivity contribution in [3.63, 3.8) is 0 Å². The molecule has 0 saturated carbocycles. The molecule has 0 aliphatic carbocycles. The lowest BCUT2D eigenvalue weighted by Crippen LogP contribution is -1.98. The zero-order valence-corrected chi connectivity index (χ0v) is 9.39. The molecule has 0 N–H and O–H groups in total. The summed E-state index contributed by atoms with van der Waals surface area (Å²) in [6.45, 7) is 0. The number of benzene rings is 2. The highest BCUT2D eigenvalue weighted by molar-refractivity contribution is 6.22. The van der Waals surface area contributed by atoms with E-state index in [2.05, 4.69) is 0 Å². The summed E-state index contributed by atoms with van der Waals surface area (Å²) in [7, 11) is 0. The van der Waals surface area contributed by atoms with E-state index in [-0.39, 0.29) is 5.56 Å². The molecule has 2 rings (SSSR count). The lowest BCUT2D eigenvalue weighted by atomic mass is 10.0. The zero-order valence-electron chi connectivity index (χ0n) is 8.63. The Hall–Kier alpha value is -1.48. The maximum absolute atomic E-state index is 13.5. The third-order valence-electron chi connectivity index (χ3n) is 2.37. The Bertz CT molecular complexity index is 540. The van der Waals surface area contributed by atoms with Crippen LogP contribution in [0.15, 0.2) is 42.5 Å². The summed E-state index contributed by atoms with van der Waals surface area (Å²) in [5.74, 6) is -1.66. The highest BCUT2D eigenvalue weighted by Crippen LogP contribution is 2.31. The molecule has 1 unspecified atom stereocenters. The average molecular weight is 257 g/mol. The first kappa shape index (κ1) is 12.0. The minimum absolute atomic E-state index is 0.00253. The van der Waals surface area contributed by atoms with Gasteiger partial charge in [0.2, 0.25) is 0 Å². The molecule has 0 radical (unpaired) electrons. The van der Waals surface area contributed by atoms with Crippen molar-refractivity contribution in [1.29, 1.82) is 0 Å². The molecule has 88 valence electrons. The van der Waals surface area contributed by atoms with Crippen LogP contribution in [-0.4, -0.2) is 0 Å². The molecule has 1 atom stereocenters. The maximum Gasteiger partial charge on any atom is 0.128 e. The van der Waals surface area contributed by atoms with E-state index in [1.54, 1.807) is 6.07 Å². The monoisotopic (exact) mass is 256 g/mol. The fourth-order valence-corrected chi connectivity index (χ4v) is 1.86. The second-order valence-electron chi connectivity index (χ2n) is 3.58. The van der Waals surface area contributed by atoms with Crippen molar-refractivity contribution in [1.82, 2.24) is 0 Å². The van der Waals surface area contributed by atoms with Crippen molar-refractivity contribution in [2.45, 2.75) is 5.38 Å². The number of alkyl halides is 1. The van der Waals surface area contributed by atoms with Crippen LogP contribution in [-0.2, 0) is 0 Å². The fraction of sp³-hybridized carbons (Fsp3) is 0.0769. The fourth-order valence-electron chi connectivity index (χ4n) is 1.55.